The second-order valence-electron chi connectivity index (χ2n) is 4.90. The highest BCUT2D eigenvalue weighted by Crippen LogP contribution is 2.23. The number of hydrogen-bond donors (Lipinski definition) is 0. The molecule has 0 aliphatic carbocycles. The first-order valence-electron chi connectivity index (χ1n) is 5.16. The highest BCUT2D eigenvalue weighted by Gasteiger charge is 2.14. The molecule has 16 heavy (non-hydrogen) atoms. The van der Waals surface area contributed by atoms with Crippen molar-refractivity contribution in [2.75, 3.05) is 0 Å². The van der Waals surface area contributed by atoms with Gasteiger partial charge in [0, 0.05) is 4.90 Å². The highest BCUT2D eigenvalue weighted by atomic mass is 32.2. The van der Waals surface area contributed by atoms with Crippen molar-refractivity contribution < 1.29 is 8.60 Å². The standard InChI is InChI=1S/C13H17FOS/c1-10-5-7-11(8-6-10)16(15)12(14)9-13(2,3)4/h5-9H,1-4H3/b12-9-/t16-/m0/s1. The Kier molecular flexibility index (Phi) is 4.03. The quantitative estimate of drug-likeness (QED) is 0.764. The number of benzene rings is 1. The van der Waals surface area contributed by atoms with E-state index in [1.807, 2.05) is 39.8 Å². The maximum absolute atomic E-state index is 13.6. The van der Waals surface area contributed by atoms with Gasteiger partial charge in [0.2, 0.25) is 0 Å². The van der Waals surface area contributed by atoms with Gasteiger partial charge in [-0.3, -0.25) is 0 Å². The van der Waals surface area contributed by atoms with Crippen LogP contribution in [0.2, 0.25) is 0 Å². The molecule has 0 spiro atoms. The van der Waals surface area contributed by atoms with Gasteiger partial charge in [-0.1, -0.05) is 38.5 Å². The zero-order valence-electron chi connectivity index (χ0n) is 10.1. The second-order valence-corrected chi connectivity index (χ2v) is 6.30. The smallest absolute Gasteiger partial charge is 0.188 e. The van der Waals surface area contributed by atoms with Gasteiger partial charge in [0.05, 0.1) is 0 Å². The molecule has 1 aromatic rings. The second kappa shape index (κ2) is 4.91. The summed E-state index contributed by atoms with van der Waals surface area (Å²) >= 11 is 0. The minimum Gasteiger partial charge on any atom is -0.247 e. The molecule has 0 N–H and O–H groups in total. The van der Waals surface area contributed by atoms with Crippen molar-refractivity contribution in [3.63, 3.8) is 0 Å². The Morgan fingerprint density at radius 1 is 1.25 bits per heavy atom. The van der Waals surface area contributed by atoms with Crippen molar-refractivity contribution in [1.82, 2.24) is 0 Å². The first-order chi connectivity index (χ1) is 7.29. The Labute approximate surface area is 98.8 Å². The summed E-state index contributed by atoms with van der Waals surface area (Å²) in [4.78, 5) is 0.503. The van der Waals surface area contributed by atoms with Gasteiger partial charge >= 0.3 is 0 Å². The molecular formula is C13H17FOS. The van der Waals surface area contributed by atoms with Crippen LogP contribution in [0.4, 0.5) is 4.39 Å². The first kappa shape index (κ1) is 13.1. The molecule has 0 fully saturated rings. The average molecular weight is 240 g/mol. The van der Waals surface area contributed by atoms with E-state index in [0.717, 1.165) is 5.56 Å². The van der Waals surface area contributed by atoms with Crippen LogP contribution in [0.15, 0.2) is 40.4 Å². The van der Waals surface area contributed by atoms with E-state index in [4.69, 9.17) is 0 Å². The fraction of sp³-hybridized carbons (Fsp3) is 0.385. The molecule has 1 aromatic carbocycles. The molecule has 0 amide bonds. The third kappa shape index (κ3) is 3.89. The molecule has 3 heteroatoms. The molecule has 1 atom stereocenters. The van der Waals surface area contributed by atoms with Gasteiger partial charge in [0.25, 0.3) is 0 Å². The molecule has 1 rings (SSSR count). The lowest BCUT2D eigenvalue weighted by atomic mass is 9.98. The molecule has 1 nitrogen and oxygen atoms in total. The van der Waals surface area contributed by atoms with Crippen LogP contribution in [0.25, 0.3) is 0 Å². The fourth-order valence-electron chi connectivity index (χ4n) is 1.17. The minimum atomic E-state index is -1.69. The maximum Gasteiger partial charge on any atom is 0.188 e. The minimum absolute atomic E-state index is 0.301. The summed E-state index contributed by atoms with van der Waals surface area (Å²) in [6.07, 6.45) is 1.41. The molecule has 0 bridgehead atoms. The normalized spacial score (nSPS) is 14.9. The Morgan fingerprint density at radius 3 is 2.19 bits per heavy atom. The first-order valence-corrected chi connectivity index (χ1v) is 6.31. The van der Waals surface area contributed by atoms with Gasteiger partial charge in [0.1, 0.15) is 10.8 Å². The Hall–Kier alpha value is -0.960. The van der Waals surface area contributed by atoms with Gasteiger partial charge in [-0.15, -0.1) is 0 Å². The SMILES string of the molecule is Cc1ccc([S@](=O)/C(F)=C\C(C)(C)C)cc1. The Bertz CT molecular complexity index is 413. The third-order valence-electron chi connectivity index (χ3n) is 1.96. The molecule has 0 saturated heterocycles. The maximum atomic E-state index is 13.6. The molecule has 0 aromatic heterocycles. The highest BCUT2D eigenvalue weighted by molar-refractivity contribution is 7.88. The molecule has 0 radical (unpaired) electrons. The summed E-state index contributed by atoms with van der Waals surface area (Å²) in [7, 11) is -1.69. The number of halogens is 1. The molecule has 0 heterocycles. The van der Waals surface area contributed by atoms with E-state index in [-0.39, 0.29) is 5.41 Å². The summed E-state index contributed by atoms with van der Waals surface area (Å²) in [6.45, 7) is 7.56. The monoisotopic (exact) mass is 240 g/mol. The lowest BCUT2D eigenvalue weighted by Crippen LogP contribution is -2.02. The van der Waals surface area contributed by atoms with Crippen LogP contribution in [0.1, 0.15) is 26.3 Å². The third-order valence-corrected chi connectivity index (χ3v) is 3.13. The molecule has 0 aliphatic heterocycles. The van der Waals surface area contributed by atoms with Crippen LogP contribution in [0.3, 0.4) is 0 Å². The zero-order chi connectivity index (χ0) is 12.3. The van der Waals surface area contributed by atoms with Crippen LogP contribution in [0.5, 0.6) is 0 Å². The van der Waals surface area contributed by atoms with E-state index in [1.165, 1.54) is 6.08 Å². The van der Waals surface area contributed by atoms with Gasteiger partial charge in [-0.2, -0.15) is 4.39 Å². The van der Waals surface area contributed by atoms with Gasteiger partial charge in [-0.05, 0) is 30.5 Å². The van der Waals surface area contributed by atoms with Crippen molar-refractivity contribution in [1.29, 1.82) is 0 Å². The molecule has 0 unspecified atom stereocenters. The van der Waals surface area contributed by atoms with E-state index >= 15 is 0 Å². The molecule has 0 aliphatic rings. The van der Waals surface area contributed by atoms with Crippen molar-refractivity contribution in [3.05, 3.63) is 41.1 Å². The lowest BCUT2D eigenvalue weighted by molar-refractivity contribution is 0.523. The topological polar surface area (TPSA) is 17.1 Å². The summed E-state index contributed by atoms with van der Waals surface area (Å²) in [5, 5.41) is -0.573. The largest absolute Gasteiger partial charge is 0.247 e. The van der Waals surface area contributed by atoms with E-state index < -0.39 is 16.0 Å². The van der Waals surface area contributed by atoms with Crippen LogP contribution in [-0.4, -0.2) is 4.21 Å². The Morgan fingerprint density at radius 2 is 1.75 bits per heavy atom. The van der Waals surface area contributed by atoms with Crippen LogP contribution in [0, 0.1) is 12.3 Å². The fourth-order valence-corrected chi connectivity index (χ4v) is 2.24. The van der Waals surface area contributed by atoms with E-state index in [0.29, 0.717) is 4.90 Å². The van der Waals surface area contributed by atoms with E-state index in [2.05, 4.69) is 0 Å². The molecule has 88 valence electrons. The van der Waals surface area contributed by atoms with Crippen LogP contribution >= 0.6 is 0 Å². The van der Waals surface area contributed by atoms with Crippen molar-refractivity contribution in [3.8, 4) is 0 Å². The van der Waals surface area contributed by atoms with Crippen molar-refractivity contribution in [2.24, 2.45) is 5.41 Å². The Balaban J connectivity index is 2.95. The predicted octanol–water partition coefficient (Wildman–Crippen LogP) is 3.96. The van der Waals surface area contributed by atoms with Gasteiger partial charge in [0.15, 0.2) is 5.16 Å². The van der Waals surface area contributed by atoms with E-state index in [1.54, 1.807) is 12.1 Å². The summed E-state index contributed by atoms with van der Waals surface area (Å²) < 4.78 is 25.4. The number of allylic oxidation sites excluding steroid dienone is 1. The van der Waals surface area contributed by atoms with Gasteiger partial charge in [-0.25, -0.2) is 4.21 Å². The molecule has 0 saturated carbocycles. The van der Waals surface area contributed by atoms with Crippen LogP contribution < -0.4 is 0 Å². The zero-order valence-corrected chi connectivity index (χ0v) is 10.9. The number of rotatable bonds is 2. The predicted molar refractivity (Wildman–Crippen MR) is 66.2 cm³/mol. The molecular weight excluding hydrogens is 223 g/mol. The van der Waals surface area contributed by atoms with Crippen molar-refractivity contribution >= 4 is 10.8 Å². The number of hydrogen-bond acceptors (Lipinski definition) is 1. The van der Waals surface area contributed by atoms with Crippen molar-refractivity contribution in [2.45, 2.75) is 32.6 Å². The lowest BCUT2D eigenvalue weighted by Gasteiger charge is -2.12. The summed E-state index contributed by atoms with van der Waals surface area (Å²) in [5.74, 6) is 0. The summed E-state index contributed by atoms with van der Waals surface area (Å²) in [5.41, 5.74) is 0.769. The average Bonchev–Trinajstić information content (AvgIpc) is 2.15. The van der Waals surface area contributed by atoms with E-state index in [9.17, 15) is 8.60 Å². The summed E-state index contributed by atoms with van der Waals surface area (Å²) in [6, 6.07) is 7.05. The van der Waals surface area contributed by atoms with Gasteiger partial charge < -0.3 is 0 Å². The van der Waals surface area contributed by atoms with Crippen LogP contribution in [-0.2, 0) is 10.8 Å². The number of aryl methyl sites for hydroxylation is 1.